The molecule has 0 spiro atoms. The van der Waals surface area contributed by atoms with Crippen molar-refractivity contribution in [3.05, 3.63) is 70.0 Å². The molecular formula is C16H15ClF3N. The molecule has 2 aromatic rings. The molecule has 0 aliphatic heterocycles. The molecule has 0 aromatic heterocycles. The zero-order chi connectivity index (χ0) is 15.4. The van der Waals surface area contributed by atoms with Crippen LogP contribution in [-0.2, 0) is 0 Å². The molecule has 0 saturated heterocycles. The van der Waals surface area contributed by atoms with Crippen LogP contribution in [0.4, 0.5) is 13.2 Å². The molecule has 0 bridgehead atoms. The van der Waals surface area contributed by atoms with Gasteiger partial charge in [-0.25, -0.2) is 13.2 Å². The molecule has 0 saturated carbocycles. The highest BCUT2D eigenvalue weighted by Crippen LogP contribution is 2.28. The molecule has 0 radical (unpaired) electrons. The topological polar surface area (TPSA) is 12.0 Å². The third-order valence-electron chi connectivity index (χ3n) is 3.13. The Hall–Kier alpha value is -1.52. The summed E-state index contributed by atoms with van der Waals surface area (Å²) in [5, 5.41) is 3.63. The Labute approximate surface area is 126 Å². The van der Waals surface area contributed by atoms with Crippen molar-refractivity contribution in [3.8, 4) is 0 Å². The van der Waals surface area contributed by atoms with Crippen LogP contribution in [0.2, 0.25) is 5.02 Å². The van der Waals surface area contributed by atoms with Crippen molar-refractivity contribution in [3.63, 3.8) is 0 Å². The molecule has 0 amide bonds. The van der Waals surface area contributed by atoms with Gasteiger partial charge in [0.25, 0.3) is 0 Å². The maximum absolute atomic E-state index is 14.0. The molecule has 112 valence electrons. The van der Waals surface area contributed by atoms with Gasteiger partial charge in [-0.05, 0) is 36.7 Å². The molecule has 5 heteroatoms. The Kier molecular flexibility index (Phi) is 5.26. The molecule has 2 aromatic carbocycles. The standard InChI is InChI=1S/C16H15ClF3N/c1-2-6-21-16(10-4-3-5-11(17)7-10)12-8-14(19)15(20)9-13(12)18/h3-5,7-9,16,21H,2,6H2,1H3. The molecular weight excluding hydrogens is 299 g/mol. The second-order valence-corrected chi connectivity index (χ2v) is 5.17. The molecule has 1 unspecified atom stereocenters. The first-order valence-electron chi connectivity index (χ1n) is 6.66. The van der Waals surface area contributed by atoms with Crippen LogP contribution < -0.4 is 5.32 Å². The lowest BCUT2D eigenvalue weighted by Gasteiger charge is -2.20. The van der Waals surface area contributed by atoms with Gasteiger partial charge in [0.1, 0.15) is 5.82 Å². The van der Waals surface area contributed by atoms with Gasteiger partial charge in [0.15, 0.2) is 11.6 Å². The highest BCUT2D eigenvalue weighted by atomic mass is 35.5. The lowest BCUT2D eigenvalue weighted by Crippen LogP contribution is -2.24. The van der Waals surface area contributed by atoms with Gasteiger partial charge >= 0.3 is 0 Å². The van der Waals surface area contributed by atoms with E-state index in [2.05, 4.69) is 5.32 Å². The van der Waals surface area contributed by atoms with Crippen molar-refractivity contribution in [2.75, 3.05) is 6.54 Å². The van der Waals surface area contributed by atoms with Crippen molar-refractivity contribution in [1.82, 2.24) is 5.32 Å². The van der Waals surface area contributed by atoms with E-state index >= 15 is 0 Å². The minimum atomic E-state index is -1.20. The fourth-order valence-electron chi connectivity index (χ4n) is 2.14. The van der Waals surface area contributed by atoms with E-state index in [0.29, 0.717) is 23.2 Å². The summed E-state index contributed by atoms with van der Waals surface area (Å²) in [6.45, 7) is 2.57. The summed E-state index contributed by atoms with van der Waals surface area (Å²) in [4.78, 5) is 0. The Bertz CT molecular complexity index is 631. The molecule has 1 atom stereocenters. The van der Waals surface area contributed by atoms with Gasteiger partial charge in [0, 0.05) is 16.7 Å². The van der Waals surface area contributed by atoms with Crippen LogP contribution in [-0.4, -0.2) is 6.54 Å². The molecule has 0 heterocycles. The summed E-state index contributed by atoms with van der Waals surface area (Å²) in [7, 11) is 0. The van der Waals surface area contributed by atoms with E-state index in [1.165, 1.54) is 0 Å². The first-order valence-corrected chi connectivity index (χ1v) is 7.04. The summed E-state index contributed by atoms with van der Waals surface area (Å²) < 4.78 is 40.5. The monoisotopic (exact) mass is 313 g/mol. The second-order valence-electron chi connectivity index (χ2n) is 4.73. The lowest BCUT2D eigenvalue weighted by molar-refractivity contribution is 0.479. The van der Waals surface area contributed by atoms with Gasteiger partial charge in [-0.2, -0.15) is 0 Å². The van der Waals surface area contributed by atoms with E-state index in [0.717, 1.165) is 12.5 Å². The van der Waals surface area contributed by atoms with Crippen molar-refractivity contribution in [2.24, 2.45) is 0 Å². The normalized spacial score (nSPS) is 12.4. The first kappa shape index (κ1) is 15.9. The fraction of sp³-hybridized carbons (Fsp3) is 0.250. The maximum Gasteiger partial charge on any atom is 0.161 e. The lowest BCUT2D eigenvalue weighted by atomic mass is 9.97. The number of hydrogen-bond donors (Lipinski definition) is 1. The van der Waals surface area contributed by atoms with Crippen LogP contribution in [0.15, 0.2) is 36.4 Å². The summed E-state index contributed by atoms with van der Waals surface area (Å²) >= 11 is 5.95. The summed E-state index contributed by atoms with van der Waals surface area (Å²) in [6.07, 6.45) is 0.822. The van der Waals surface area contributed by atoms with Crippen LogP contribution in [0.5, 0.6) is 0 Å². The highest BCUT2D eigenvalue weighted by molar-refractivity contribution is 6.30. The number of hydrogen-bond acceptors (Lipinski definition) is 1. The molecule has 0 aliphatic carbocycles. The summed E-state index contributed by atoms with van der Waals surface area (Å²) in [5.74, 6) is -3.06. The van der Waals surface area contributed by atoms with Crippen LogP contribution in [0.25, 0.3) is 0 Å². The number of benzene rings is 2. The third-order valence-corrected chi connectivity index (χ3v) is 3.37. The van der Waals surface area contributed by atoms with E-state index < -0.39 is 23.5 Å². The molecule has 1 nitrogen and oxygen atoms in total. The SMILES string of the molecule is CCCNC(c1cccc(Cl)c1)c1cc(F)c(F)cc1F. The first-order chi connectivity index (χ1) is 10.0. The average molecular weight is 314 g/mol. The van der Waals surface area contributed by atoms with E-state index in [1.807, 2.05) is 6.92 Å². The minimum absolute atomic E-state index is 0.0598. The minimum Gasteiger partial charge on any atom is -0.306 e. The van der Waals surface area contributed by atoms with Crippen LogP contribution in [0, 0.1) is 17.5 Å². The predicted molar refractivity (Wildman–Crippen MR) is 77.9 cm³/mol. The van der Waals surface area contributed by atoms with Crippen LogP contribution >= 0.6 is 11.6 Å². The Morgan fingerprint density at radius 2 is 1.76 bits per heavy atom. The van der Waals surface area contributed by atoms with E-state index in [4.69, 9.17) is 11.6 Å². The average Bonchev–Trinajstić information content (AvgIpc) is 2.44. The highest BCUT2D eigenvalue weighted by Gasteiger charge is 2.20. The Morgan fingerprint density at radius 3 is 2.43 bits per heavy atom. The zero-order valence-corrected chi connectivity index (χ0v) is 12.2. The van der Waals surface area contributed by atoms with Gasteiger partial charge in [0.05, 0.1) is 6.04 Å². The number of halogens is 4. The largest absolute Gasteiger partial charge is 0.306 e. The second kappa shape index (κ2) is 6.96. The van der Waals surface area contributed by atoms with Crippen molar-refractivity contribution in [2.45, 2.75) is 19.4 Å². The van der Waals surface area contributed by atoms with E-state index in [9.17, 15) is 13.2 Å². The zero-order valence-electron chi connectivity index (χ0n) is 11.5. The Morgan fingerprint density at radius 1 is 1.05 bits per heavy atom. The van der Waals surface area contributed by atoms with Gasteiger partial charge in [-0.1, -0.05) is 30.7 Å². The van der Waals surface area contributed by atoms with Crippen molar-refractivity contribution in [1.29, 1.82) is 0 Å². The van der Waals surface area contributed by atoms with E-state index in [1.54, 1.807) is 24.3 Å². The van der Waals surface area contributed by atoms with Gasteiger partial charge in [-0.15, -0.1) is 0 Å². The smallest absolute Gasteiger partial charge is 0.161 e. The third kappa shape index (κ3) is 3.77. The Balaban J connectivity index is 2.47. The molecule has 1 N–H and O–H groups in total. The van der Waals surface area contributed by atoms with E-state index in [-0.39, 0.29) is 5.56 Å². The summed E-state index contributed by atoms with van der Waals surface area (Å²) in [5.41, 5.74) is 0.755. The predicted octanol–water partition coefficient (Wildman–Crippen LogP) is 4.85. The molecule has 21 heavy (non-hydrogen) atoms. The van der Waals surface area contributed by atoms with Crippen molar-refractivity contribution >= 4 is 11.6 Å². The number of nitrogens with one attached hydrogen (secondary N) is 1. The van der Waals surface area contributed by atoms with Crippen molar-refractivity contribution < 1.29 is 13.2 Å². The molecule has 2 rings (SSSR count). The fourth-order valence-corrected chi connectivity index (χ4v) is 2.34. The molecule has 0 fully saturated rings. The number of rotatable bonds is 5. The van der Waals surface area contributed by atoms with Crippen LogP contribution in [0.3, 0.4) is 0 Å². The van der Waals surface area contributed by atoms with Gasteiger partial charge < -0.3 is 5.32 Å². The molecule has 0 aliphatic rings. The maximum atomic E-state index is 14.0. The van der Waals surface area contributed by atoms with Crippen LogP contribution in [0.1, 0.15) is 30.5 Å². The van der Waals surface area contributed by atoms with Gasteiger partial charge in [-0.3, -0.25) is 0 Å². The quantitative estimate of drug-likeness (QED) is 0.778. The summed E-state index contributed by atoms with van der Waals surface area (Å²) in [6, 6.07) is 7.74. The van der Waals surface area contributed by atoms with Gasteiger partial charge in [0.2, 0.25) is 0 Å².